The highest BCUT2D eigenvalue weighted by Gasteiger charge is 2.12. The zero-order valence-corrected chi connectivity index (χ0v) is 11.1. The average Bonchev–Trinajstić information content (AvgIpc) is 2.72. The van der Waals surface area contributed by atoms with Gasteiger partial charge in [0.1, 0.15) is 0 Å². The molecule has 2 aromatic rings. The van der Waals surface area contributed by atoms with E-state index in [0.717, 1.165) is 27.7 Å². The Labute approximate surface area is 110 Å². The first kappa shape index (κ1) is 12.5. The predicted molar refractivity (Wildman–Crippen MR) is 72.1 cm³/mol. The summed E-state index contributed by atoms with van der Waals surface area (Å²) in [6.45, 7) is 2.00. The second-order valence-corrected chi connectivity index (χ2v) is 5.33. The van der Waals surface area contributed by atoms with Crippen molar-refractivity contribution >= 4 is 22.9 Å². The number of rotatable bonds is 4. The molecule has 0 spiro atoms. The van der Waals surface area contributed by atoms with E-state index >= 15 is 0 Å². The van der Waals surface area contributed by atoms with Gasteiger partial charge >= 0.3 is 0 Å². The van der Waals surface area contributed by atoms with Gasteiger partial charge in [-0.2, -0.15) is 0 Å². The van der Waals surface area contributed by atoms with Crippen LogP contribution in [0.25, 0.3) is 0 Å². The molecular formula is C12H14ClN3S. The van der Waals surface area contributed by atoms with E-state index in [1.165, 1.54) is 0 Å². The normalized spacial score (nSPS) is 12.6. The molecule has 0 aliphatic rings. The number of thiazole rings is 1. The van der Waals surface area contributed by atoms with Gasteiger partial charge in [0.25, 0.3) is 0 Å². The van der Waals surface area contributed by atoms with E-state index in [0.29, 0.717) is 0 Å². The molecule has 0 aliphatic carbocycles. The van der Waals surface area contributed by atoms with Crippen LogP contribution in [0.3, 0.4) is 0 Å². The fourth-order valence-corrected chi connectivity index (χ4v) is 2.53. The quantitative estimate of drug-likeness (QED) is 0.662. The number of hydrazine groups is 1. The minimum Gasteiger partial charge on any atom is -0.271 e. The number of aromatic nitrogens is 1. The lowest BCUT2D eigenvalue weighted by Gasteiger charge is -2.15. The summed E-state index contributed by atoms with van der Waals surface area (Å²) in [4.78, 5) is 4.44. The highest BCUT2D eigenvalue weighted by atomic mass is 35.5. The van der Waals surface area contributed by atoms with Crippen molar-refractivity contribution in [3.63, 3.8) is 0 Å². The van der Waals surface area contributed by atoms with Crippen molar-refractivity contribution in [3.8, 4) is 0 Å². The van der Waals surface area contributed by atoms with Gasteiger partial charge in [-0.05, 0) is 24.6 Å². The summed E-state index contributed by atoms with van der Waals surface area (Å²) in [5.41, 5.74) is 4.94. The molecule has 1 aromatic heterocycles. The molecule has 3 N–H and O–H groups in total. The summed E-state index contributed by atoms with van der Waals surface area (Å²) in [6, 6.07) is 7.75. The largest absolute Gasteiger partial charge is 0.271 e. The molecule has 0 bridgehead atoms. The van der Waals surface area contributed by atoms with Crippen LogP contribution in [-0.2, 0) is 6.42 Å². The Bertz CT molecular complexity index is 498. The maximum atomic E-state index is 5.97. The summed E-state index contributed by atoms with van der Waals surface area (Å²) in [7, 11) is 0. The Morgan fingerprint density at radius 2 is 2.35 bits per heavy atom. The summed E-state index contributed by atoms with van der Waals surface area (Å²) in [5.74, 6) is 5.59. The van der Waals surface area contributed by atoms with E-state index in [1.54, 1.807) is 11.3 Å². The van der Waals surface area contributed by atoms with Crippen molar-refractivity contribution in [1.82, 2.24) is 10.4 Å². The van der Waals surface area contributed by atoms with Crippen LogP contribution in [0.5, 0.6) is 0 Å². The van der Waals surface area contributed by atoms with Crippen LogP contribution in [0.2, 0.25) is 5.02 Å². The van der Waals surface area contributed by atoms with E-state index in [-0.39, 0.29) is 6.04 Å². The number of aryl methyl sites for hydroxylation is 1. The van der Waals surface area contributed by atoms with Gasteiger partial charge in [0.2, 0.25) is 0 Å². The van der Waals surface area contributed by atoms with E-state index in [1.807, 2.05) is 31.2 Å². The molecule has 0 saturated carbocycles. The minimum atomic E-state index is 0.0372. The van der Waals surface area contributed by atoms with Crippen molar-refractivity contribution in [2.24, 2.45) is 5.84 Å². The lowest BCUT2D eigenvalue weighted by Crippen LogP contribution is -2.29. The first-order valence-corrected chi connectivity index (χ1v) is 6.57. The second kappa shape index (κ2) is 5.60. The molecule has 0 amide bonds. The van der Waals surface area contributed by atoms with Crippen molar-refractivity contribution in [3.05, 3.63) is 50.9 Å². The fourth-order valence-electron chi connectivity index (χ4n) is 1.71. The SMILES string of the molecule is Cc1nc(CC(NN)c2cccc(Cl)c2)cs1. The van der Waals surface area contributed by atoms with Crippen molar-refractivity contribution in [2.75, 3.05) is 0 Å². The number of nitrogens with two attached hydrogens (primary N) is 1. The smallest absolute Gasteiger partial charge is 0.0897 e. The number of nitrogens with zero attached hydrogens (tertiary/aromatic N) is 1. The van der Waals surface area contributed by atoms with Crippen molar-refractivity contribution in [2.45, 2.75) is 19.4 Å². The molecule has 0 aliphatic heterocycles. The van der Waals surface area contributed by atoms with E-state index < -0.39 is 0 Å². The Morgan fingerprint density at radius 1 is 1.53 bits per heavy atom. The number of halogens is 1. The van der Waals surface area contributed by atoms with Gasteiger partial charge in [0.05, 0.1) is 16.7 Å². The number of nitrogens with one attached hydrogen (secondary N) is 1. The Kier molecular flexibility index (Phi) is 4.12. The number of hydrogen-bond donors (Lipinski definition) is 2. The van der Waals surface area contributed by atoms with Gasteiger partial charge in [0, 0.05) is 16.8 Å². The zero-order chi connectivity index (χ0) is 12.3. The Hall–Kier alpha value is -0.940. The summed E-state index contributed by atoms with van der Waals surface area (Å²) < 4.78 is 0. The first-order chi connectivity index (χ1) is 8.19. The molecule has 17 heavy (non-hydrogen) atoms. The zero-order valence-electron chi connectivity index (χ0n) is 9.48. The van der Waals surface area contributed by atoms with Gasteiger partial charge in [-0.15, -0.1) is 11.3 Å². The predicted octanol–water partition coefficient (Wildman–Crippen LogP) is 2.85. The fraction of sp³-hybridized carbons (Fsp3) is 0.250. The van der Waals surface area contributed by atoms with E-state index in [9.17, 15) is 0 Å². The Morgan fingerprint density at radius 3 is 2.94 bits per heavy atom. The molecular weight excluding hydrogens is 254 g/mol. The molecule has 1 atom stereocenters. The molecule has 0 radical (unpaired) electrons. The topological polar surface area (TPSA) is 50.9 Å². The maximum absolute atomic E-state index is 5.97. The van der Waals surface area contributed by atoms with Crippen LogP contribution in [-0.4, -0.2) is 4.98 Å². The van der Waals surface area contributed by atoms with Crippen LogP contribution >= 0.6 is 22.9 Å². The average molecular weight is 268 g/mol. The van der Waals surface area contributed by atoms with E-state index in [4.69, 9.17) is 17.4 Å². The third-order valence-electron chi connectivity index (χ3n) is 2.53. The molecule has 5 heteroatoms. The highest BCUT2D eigenvalue weighted by Crippen LogP contribution is 2.21. The van der Waals surface area contributed by atoms with Gasteiger partial charge in [0.15, 0.2) is 0 Å². The van der Waals surface area contributed by atoms with Crippen molar-refractivity contribution < 1.29 is 0 Å². The second-order valence-electron chi connectivity index (χ2n) is 3.84. The van der Waals surface area contributed by atoms with Crippen LogP contribution in [0.15, 0.2) is 29.6 Å². The summed E-state index contributed by atoms with van der Waals surface area (Å²) in [6.07, 6.45) is 0.765. The molecule has 2 rings (SSSR count). The number of benzene rings is 1. The van der Waals surface area contributed by atoms with Crippen molar-refractivity contribution in [1.29, 1.82) is 0 Å². The maximum Gasteiger partial charge on any atom is 0.0897 e. The standard InChI is InChI=1S/C12H14ClN3S/c1-8-15-11(7-17-8)6-12(16-14)9-3-2-4-10(13)5-9/h2-5,7,12,16H,6,14H2,1H3. The molecule has 1 heterocycles. The molecule has 3 nitrogen and oxygen atoms in total. The molecule has 90 valence electrons. The molecule has 0 saturated heterocycles. The van der Waals surface area contributed by atoms with Crippen LogP contribution in [0.4, 0.5) is 0 Å². The molecule has 0 fully saturated rings. The van der Waals surface area contributed by atoms with E-state index in [2.05, 4.69) is 15.8 Å². The molecule has 1 aromatic carbocycles. The van der Waals surface area contributed by atoms with Crippen LogP contribution in [0, 0.1) is 6.92 Å². The third kappa shape index (κ3) is 3.26. The lowest BCUT2D eigenvalue weighted by atomic mass is 10.0. The lowest BCUT2D eigenvalue weighted by molar-refractivity contribution is 0.547. The van der Waals surface area contributed by atoms with Crippen LogP contribution in [0.1, 0.15) is 22.3 Å². The first-order valence-electron chi connectivity index (χ1n) is 5.31. The molecule has 1 unspecified atom stereocenters. The van der Waals surface area contributed by atoms with Gasteiger partial charge in [-0.1, -0.05) is 23.7 Å². The van der Waals surface area contributed by atoms with Gasteiger partial charge < -0.3 is 0 Å². The highest BCUT2D eigenvalue weighted by molar-refractivity contribution is 7.09. The van der Waals surface area contributed by atoms with Gasteiger partial charge in [-0.25, -0.2) is 4.98 Å². The van der Waals surface area contributed by atoms with Crippen LogP contribution < -0.4 is 11.3 Å². The summed E-state index contributed by atoms with van der Waals surface area (Å²) in [5, 5.41) is 3.85. The monoisotopic (exact) mass is 267 g/mol. The van der Waals surface area contributed by atoms with Gasteiger partial charge in [-0.3, -0.25) is 11.3 Å². The third-order valence-corrected chi connectivity index (χ3v) is 3.59. The number of hydrogen-bond acceptors (Lipinski definition) is 4. The summed E-state index contributed by atoms with van der Waals surface area (Å²) >= 11 is 7.62. The minimum absolute atomic E-state index is 0.0372. The Balaban J connectivity index is 2.16.